The SMILES string of the molecule is CN(C)S(=O)(=O)C[C@@H]1COC[C@@H]1Nc1ncnc2sccc12. The van der Waals surface area contributed by atoms with E-state index >= 15 is 0 Å². The Balaban J connectivity index is 1.78. The number of thiophene rings is 1. The molecule has 120 valence electrons. The molecule has 1 aliphatic heterocycles. The van der Waals surface area contributed by atoms with Gasteiger partial charge in [0.2, 0.25) is 10.0 Å². The number of fused-ring (bicyclic) bond motifs is 1. The topological polar surface area (TPSA) is 84.4 Å². The van der Waals surface area contributed by atoms with E-state index in [-0.39, 0.29) is 17.7 Å². The van der Waals surface area contributed by atoms with Gasteiger partial charge in [0.15, 0.2) is 0 Å². The lowest BCUT2D eigenvalue weighted by Gasteiger charge is -2.21. The summed E-state index contributed by atoms with van der Waals surface area (Å²) in [7, 11) is -0.159. The van der Waals surface area contributed by atoms with Crippen molar-refractivity contribution in [3.05, 3.63) is 17.8 Å². The molecule has 9 heteroatoms. The lowest BCUT2D eigenvalue weighted by atomic mass is 10.1. The molecule has 2 atom stereocenters. The summed E-state index contributed by atoms with van der Waals surface area (Å²) in [6.45, 7) is 0.909. The van der Waals surface area contributed by atoms with Crippen molar-refractivity contribution >= 4 is 37.4 Å². The van der Waals surface area contributed by atoms with E-state index in [4.69, 9.17) is 4.74 Å². The van der Waals surface area contributed by atoms with Crippen LogP contribution in [0.25, 0.3) is 10.2 Å². The van der Waals surface area contributed by atoms with Crippen molar-refractivity contribution in [1.29, 1.82) is 0 Å². The second-order valence-electron chi connectivity index (χ2n) is 5.47. The maximum atomic E-state index is 12.1. The highest BCUT2D eigenvalue weighted by Crippen LogP contribution is 2.27. The summed E-state index contributed by atoms with van der Waals surface area (Å²) >= 11 is 1.55. The Morgan fingerprint density at radius 1 is 1.41 bits per heavy atom. The van der Waals surface area contributed by atoms with Gasteiger partial charge < -0.3 is 10.1 Å². The third-order valence-electron chi connectivity index (χ3n) is 3.76. The van der Waals surface area contributed by atoms with Gasteiger partial charge in [-0.15, -0.1) is 11.3 Å². The maximum absolute atomic E-state index is 12.1. The van der Waals surface area contributed by atoms with Crippen LogP contribution in [0.1, 0.15) is 0 Å². The Morgan fingerprint density at radius 3 is 3.00 bits per heavy atom. The average molecular weight is 342 g/mol. The molecule has 0 radical (unpaired) electrons. The number of anilines is 1. The number of rotatable bonds is 5. The van der Waals surface area contributed by atoms with E-state index in [9.17, 15) is 8.42 Å². The first-order valence-electron chi connectivity index (χ1n) is 6.90. The number of aromatic nitrogens is 2. The van der Waals surface area contributed by atoms with E-state index in [1.807, 2.05) is 11.4 Å². The Labute approximate surface area is 133 Å². The molecule has 0 saturated carbocycles. The molecule has 0 spiro atoms. The fourth-order valence-electron chi connectivity index (χ4n) is 2.42. The fourth-order valence-corrected chi connectivity index (χ4v) is 4.32. The first-order valence-corrected chi connectivity index (χ1v) is 9.39. The van der Waals surface area contributed by atoms with Crippen LogP contribution in [0.4, 0.5) is 5.82 Å². The van der Waals surface area contributed by atoms with Gasteiger partial charge in [-0.3, -0.25) is 0 Å². The number of sulfonamides is 1. The highest BCUT2D eigenvalue weighted by Gasteiger charge is 2.33. The lowest BCUT2D eigenvalue weighted by Crippen LogP contribution is -2.37. The number of nitrogens with one attached hydrogen (secondary N) is 1. The Bertz CT molecular complexity index is 759. The molecule has 2 aromatic heterocycles. The molecular formula is C13H18N4O3S2. The summed E-state index contributed by atoms with van der Waals surface area (Å²) < 4.78 is 30.9. The van der Waals surface area contributed by atoms with Gasteiger partial charge in [0.05, 0.1) is 30.4 Å². The van der Waals surface area contributed by atoms with Crippen LogP contribution in [-0.4, -0.2) is 61.8 Å². The smallest absolute Gasteiger partial charge is 0.214 e. The van der Waals surface area contributed by atoms with Gasteiger partial charge in [0.25, 0.3) is 0 Å². The van der Waals surface area contributed by atoms with Gasteiger partial charge in [-0.05, 0) is 11.4 Å². The molecule has 0 unspecified atom stereocenters. The number of nitrogens with zero attached hydrogens (tertiary/aromatic N) is 3. The zero-order chi connectivity index (χ0) is 15.7. The number of ether oxygens (including phenoxy) is 1. The molecule has 1 fully saturated rings. The van der Waals surface area contributed by atoms with Crippen LogP contribution in [0.2, 0.25) is 0 Å². The predicted octanol–water partition coefficient (Wildman–Crippen LogP) is 1.01. The van der Waals surface area contributed by atoms with E-state index in [0.717, 1.165) is 16.0 Å². The van der Waals surface area contributed by atoms with Crippen molar-refractivity contribution in [3.8, 4) is 0 Å². The van der Waals surface area contributed by atoms with E-state index < -0.39 is 10.0 Å². The molecule has 1 aliphatic rings. The minimum absolute atomic E-state index is 0.0650. The standard InChI is InChI=1S/C13H18N4O3S2/c1-17(2)22(18,19)7-9-5-20-6-11(9)16-12-10-3-4-21-13(10)15-8-14-12/h3-4,8-9,11H,5-7H2,1-2H3,(H,14,15,16)/t9-,11-/m0/s1. The zero-order valence-corrected chi connectivity index (χ0v) is 14.0. The summed E-state index contributed by atoms with van der Waals surface area (Å²) in [5.74, 6) is 0.695. The minimum Gasteiger partial charge on any atom is -0.379 e. The monoisotopic (exact) mass is 342 g/mol. The Hall–Kier alpha value is -1.29. The molecular weight excluding hydrogens is 324 g/mol. The van der Waals surface area contributed by atoms with E-state index in [1.165, 1.54) is 10.6 Å². The van der Waals surface area contributed by atoms with Crippen LogP contribution >= 0.6 is 11.3 Å². The van der Waals surface area contributed by atoms with Gasteiger partial charge in [-0.25, -0.2) is 22.7 Å². The normalized spacial score (nSPS) is 22.5. The molecule has 22 heavy (non-hydrogen) atoms. The molecule has 0 aromatic carbocycles. The van der Waals surface area contributed by atoms with Crippen molar-refractivity contribution < 1.29 is 13.2 Å². The maximum Gasteiger partial charge on any atom is 0.214 e. The van der Waals surface area contributed by atoms with E-state index in [1.54, 1.807) is 25.4 Å². The molecule has 1 saturated heterocycles. The summed E-state index contributed by atoms with van der Waals surface area (Å²) in [5, 5.41) is 6.24. The highest BCUT2D eigenvalue weighted by molar-refractivity contribution is 7.89. The highest BCUT2D eigenvalue weighted by atomic mass is 32.2. The van der Waals surface area contributed by atoms with Crippen molar-refractivity contribution in [2.75, 3.05) is 38.4 Å². The Kier molecular flexibility index (Phi) is 4.31. The quantitative estimate of drug-likeness (QED) is 0.873. The molecule has 3 heterocycles. The predicted molar refractivity (Wildman–Crippen MR) is 86.6 cm³/mol. The van der Waals surface area contributed by atoms with Gasteiger partial charge in [-0.2, -0.15) is 0 Å². The third kappa shape index (κ3) is 3.07. The number of hydrogen-bond acceptors (Lipinski definition) is 7. The lowest BCUT2D eigenvalue weighted by molar-refractivity contribution is 0.187. The van der Waals surface area contributed by atoms with Crippen LogP contribution in [-0.2, 0) is 14.8 Å². The van der Waals surface area contributed by atoms with Gasteiger partial charge in [-0.1, -0.05) is 0 Å². The second kappa shape index (κ2) is 6.07. The zero-order valence-electron chi connectivity index (χ0n) is 12.4. The molecule has 3 rings (SSSR count). The third-order valence-corrected chi connectivity index (χ3v) is 6.55. The van der Waals surface area contributed by atoms with Gasteiger partial charge in [0, 0.05) is 20.0 Å². The van der Waals surface area contributed by atoms with Crippen molar-refractivity contribution in [2.45, 2.75) is 6.04 Å². The van der Waals surface area contributed by atoms with Crippen LogP contribution in [0, 0.1) is 5.92 Å². The van der Waals surface area contributed by atoms with Crippen LogP contribution in [0.15, 0.2) is 17.8 Å². The summed E-state index contributed by atoms with van der Waals surface area (Å²) in [6.07, 6.45) is 1.52. The second-order valence-corrected chi connectivity index (χ2v) is 8.59. The van der Waals surface area contributed by atoms with Crippen LogP contribution in [0.5, 0.6) is 0 Å². The van der Waals surface area contributed by atoms with Gasteiger partial charge >= 0.3 is 0 Å². The molecule has 0 bridgehead atoms. The summed E-state index contributed by atoms with van der Waals surface area (Å²) in [5.41, 5.74) is 0. The first kappa shape index (κ1) is 15.6. The van der Waals surface area contributed by atoms with E-state index in [0.29, 0.717) is 13.2 Å². The Morgan fingerprint density at radius 2 is 2.23 bits per heavy atom. The van der Waals surface area contributed by atoms with E-state index in [2.05, 4.69) is 15.3 Å². The molecule has 7 nitrogen and oxygen atoms in total. The first-order chi connectivity index (χ1) is 10.5. The fraction of sp³-hybridized carbons (Fsp3) is 0.538. The molecule has 2 aromatic rings. The van der Waals surface area contributed by atoms with Gasteiger partial charge in [0.1, 0.15) is 17.0 Å². The number of hydrogen-bond donors (Lipinski definition) is 1. The average Bonchev–Trinajstić information content (AvgIpc) is 3.08. The molecule has 1 N–H and O–H groups in total. The van der Waals surface area contributed by atoms with Crippen LogP contribution in [0.3, 0.4) is 0 Å². The van der Waals surface area contributed by atoms with Crippen LogP contribution < -0.4 is 5.32 Å². The van der Waals surface area contributed by atoms with Crippen molar-refractivity contribution in [2.24, 2.45) is 5.92 Å². The molecule has 0 amide bonds. The molecule has 0 aliphatic carbocycles. The summed E-state index contributed by atoms with van der Waals surface area (Å²) in [4.78, 5) is 9.40. The summed E-state index contributed by atoms with van der Waals surface area (Å²) in [6, 6.07) is 1.89. The van der Waals surface area contributed by atoms with Crippen molar-refractivity contribution in [3.63, 3.8) is 0 Å². The minimum atomic E-state index is -3.26. The van der Waals surface area contributed by atoms with Crippen molar-refractivity contribution in [1.82, 2.24) is 14.3 Å². The largest absolute Gasteiger partial charge is 0.379 e.